The van der Waals surface area contributed by atoms with E-state index in [9.17, 15) is 13.2 Å². The van der Waals surface area contributed by atoms with Gasteiger partial charge in [-0.25, -0.2) is 13.4 Å². The number of hydrogen-bond acceptors (Lipinski definition) is 6. The van der Waals surface area contributed by atoms with E-state index in [2.05, 4.69) is 19.8 Å². The number of H-pyrrole nitrogens is 1. The van der Waals surface area contributed by atoms with Crippen LogP contribution in [0, 0.1) is 6.92 Å². The molecule has 0 unspecified atom stereocenters. The third-order valence-electron chi connectivity index (χ3n) is 5.46. The zero-order valence-electron chi connectivity index (χ0n) is 19.5. The summed E-state index contributed by atoms with van der Waals surface area (Å²) in [6, 6.07) is 11.6. The van der Waals surface area contributed by atoms with Crippen molar-refractivity contribution in [1.82, 2.24) is 19.7 Å². The molecule has 0 aliphatic heterocycles. The molecule has 0 aliphatic carbocycles. The summed E-state index contributed by atoms with van der Waals surface area (Å²) < 4.78 is 36.2. The highest BCUT2D eigenvalue weighted by molar-refractivity contribution is 7.92. The van der Waals surface area contributed by atoms with Crippen molar-refractivity contribution in [1.29, 1.82) is 0 Å². The first-order chi connectivity index (χ1) is 16.2. The lowest BCUT2D eigenvalue weighted by Crippen LogP contribution is -2.15. The number of ether oxygens (including phenoxy) is 1. The van der Waals surface area contributed by atoms with Gasteiger partial charge in [-0.3, -0.25) is 14.2 Å². The van der Waals surface area contributed by atoms with Crippen molar-refractivity contribution >= 4 is 26.7 Å². The van der Waals surface area contributed by atoms with E-state index in [0.29, 0.717) is 41.1 Å². The third kappa shape index (κ3) is 4.41. The number of para-hydroxylation sites is 1. The maximum atomic E-state index is 13.2. The number of nitrogens with zero attached hydrogens (tertiary/aromatic N) is 3. The highest BCUT2D eigenvalue weighted by atomic mass is 32.2. The van der Waals surface area contributed by atoms with Crippen molar-refractivity contribution in [2.45, 2.75) is 38.5 Å². The number of sulfonamides is 1. The second kappa shape index (κ2) is 9.30. The van der Waals surface area contributed by atoms with E-state index >= 15 is 0 Å². The molecule has 0 saturated carbocycles. The minimum atomic E-state index is -3.91. The van der Waals surface area contributed by atoms with Crippen LogP contribution in [0.2, 0.25) is 0 Å². The van der Waals surface area contributed by atoms with Crippen molar-refractivity contribution in [3.05, 3.63) is 64.1 Å². The average Bonchev–Trinajstić information content (AvgIpc) is 3.11. The van der Waals surface area contributed by atoms with Crippen LogP contribution in [0.3, 0.4) is 0 Å². The Hall–Kier alpha value is -3.66. The second-order valence-electron chi connectivity index (χ2n) is 7.94. The molecule has 0 radical (unpaired) electrons. The first-order valence-electron chi connectivity index (χ1n) is 11.1. The molecule has 0 bridgehead atoms. The number of fused-ring (bicyclic) bond motifs is 1. The number of rotatable bonds is 8. The second-order valence-corrected chi connectivity index (χ2v) is 9.63. The summed E-state index contributed by atoms with van der Waals surface area (Å²) in [4.78, 5) is 20.4. The van der Waals surface area contributed by atoms with Crippen LogP contribution in [0.4, 0.5) is 5.69 Å². The maximum absolute atomic E-state index is 13.2. The zero-order chi connectivity index (χ0) is 24.5. The van der Waals surface area contributed by atoms with Gasteiger partial charge in [0.25, 0.3) is 15.6 Å². The molecule has 4 aromatic rings. The summed E-state index contributed by atoms with van der Waals surface area (Å²) in [6.07, 6.45) is 1.51. The molecule has 0 amide bonds. The highest BCUT2D eigenvalue weighted by Gasteiger charge is 2.21. The van der Waals surface area contributed by atoms with Crippen LogP contribution in [0.5, 0.6) is 5.75 Å². The minimum absolute atomic E-state index is 0.0249. The lowest BCUT2D eigenvalue weighted by Gasteiger charge is -2.14. The van der Waals surface area contributed by atoms with Gasteiger partial charge in [0.05, 0.1) is 28.4 Å². The molecule has 2 heterocycles. The molecule has 9 nitrogen and oxygen atoms in total. The van der Waals surface area contributed by atoms with Crippen molar-refractivity contribution in [2.75, 3.05) is 11.3 Å². The van der Waals surface area contributed by atoms with Crippen LogP contribution in [-0.2, 0) is 23.5 Å². The molecule has 0 atom stereocenters. The molecule has 0 spiro atoms. The van der Waals surface area contributed by atoms with Crippen LogP contribution in [0.15, 0.2) is 52.2 Å². The predicted molar refractivity (Wildman–Crippen MR) is 132 cm³/mol. The van der Waals surface area contributed by atoms with Gasteiger partial charge in [-0.15, -0.1) is 0 Å². The van der Waals surface area contributed by atoms with Crippen molar-refractivity contribution in [3.8, 4) is 17.1 Å². The van der Waals surface area contributed by atoms with Crippen LogP contribution < -0.4 is 15.0 Å². The van der Waals surface area contributed by atoms with E-state index in [-0.39, 0.29) is 16.3 Å². The van der Waals surface area contributed by atoms with Gasteiger partial charge >= 0.3 is 0 Å². The van der Waals surface area contributed by atoms with Gasteiger partial charge in [0.2, 0.25) is 0 Å². The summed E-state index contributed by atoms with van der Waals surface area (Å²) in [6.45, 7) is 6.04. The smallest absolute Gasteiger partial charge is 0.277 e. The molecule has 0 aliphatic rings. The first kappa shape index (κ1) is 23.5. The quantitative estimate of drug-likeness (QED) is 0.395. The fourth-order valence-electron chi connectivity index (χ4n) is 3.81. The Morgan fingerprint density at radius 3 is 2.62 bits per heavy atom. The fraction of sp³-hybridized carbons (Fsp3) is 0.292. The van der Waals surface area contributed by atoms with Crippen molar-refractivity contribution < 1.29 is 13.2 Å². The lowest BCUT2D eigenvalue weighted by atomic mass is 10.1. The third-order valence-corrected chi connectivity index (χ3v) is 6.82. The minimum Gasteiger partial charge on any atom is -0.493 e. The molecule has 0 fully saturated rings. The number of aryl methyl sites for hydroxylation is 3. The summed E-state index contributed by atoms with van der Waals surface area (Å²) >= 11 is 0. The Balaban J connectivity index is 1.87. The van der Waals surface area contributed by atoms with E-state index in [0.717, 1.165) is 17.7 Å². The molecule has 2 aromatic carbocycles. The lowest BCUT2D eigenvalue weighted by molar-refractivity contribution is 0.341. The normalized spacial score (nSPS) is 11.6. The number of aromatic amines is 1. The summed E-state index contributed by atoms with van der Waals surface area (Å²) in [5, 5.41) is 4.44. The topological polar surface area (TPSA) is 119 Å². The van der Waals surface area contributed by atoms with Crippen molar-refractivity contribution in [2.24, 2.45) is 7.05 Å². The Kier molecular flexibility index (Phi) is 6.43. The zero-order valence-corrected chi connectivity index (χ0v) is 20.4. The number of nitrogens with one attached hydrogen (secondary N) is 2. The van der Waals surface area contributed by atoms with Gasteiger partial charge in [0, 0.05) is 7.05 Å². The number of aromatic nitrogens is 4. The molecule has 2 aromatic heterocycles. The number of anilines is 1. The van der Waals surface area contributed by atoms with Gasteiger partial charge in [0.15, 0.2) is 5.52 Å². The molecule has 34 heavy (non-hydrogen) atoms. The molecular formula is C24H27N5O4S. The Morgan fingerprint density at radius 1 is 1.15 bits per heavy atom. The van der Waals surface area contributed by atoms with Gasteiger partial charge < -0.3 is 9.72 Å². The Bertz CT molecular complexity index is 1520. The van der Waals surface area contributed by atoms with Crippen LogP contribution in [0.25, 0.3) is 22.4 Å². The average molecular weight is 482 g/mol. The molecule has 0 saturated heterocycles. The molecule has 178 valence electrons. The highest BCUT2D eigenvalue weighted by Crippen LogP contribution is 2.32. The number of hydrogen-bond donors (Lipinski definition) is 2. The van der Waals surface area contributed by atoms with Crippen LogP contribution in [-0.4, -0.2) is 34.8 Å². The fourth-order valence-corrected chi connectivity index (χ4v) is 4.97. The van der Waals surface area contributed by atoms with Crippen LogP contribution >= 0.6 is 0 Å². The molecule has 4 rings (SSSR count). The SMILES string of the molecule is CCCc1nn(C)c2c(=O)[nH]c(-c3cc(S(=O)(=O)Nc4ccccc4C)ccc3OCC)nc12. The largest absolute Gasteiger partial charge is 0.493 e. The van der Waals surface area contributed by atoms with Crippen LogP contribution in [0.1, 0.15) is 31.5 Å². The van der Waals surface area contributed by atoms with E-state index in [1.54, 1.807) is 25.2 Å². The van der Waals surface area contributed by atoms with Gasteiger partial charge in [-0.1, -0.05) is 31.5 Å². The standard InChI is InChI=1S/C24H27N5O4S/c1-5-9-19-21-22(29(4)27-19)24(30)26-23(25-21)17-14-16(12-13-20(17)33-6-2)34(31,32)28-18-11-8-7-10-15(18)3/h7-8,10-14,28H,5-6,9H2,1-4H3,(H,25,26,30). The molecular weight excluding hydrogens is 454 g/mol. The Morgan fingerprint density at radius 2 is 1.91 bits per heavy atom. The van der Waals surface area contributed by atoms with Gasteiger partial charge in [-0.2, -0.15) is 5.10 Å². The maximum Gasteiger partial charge on any atom is 0.277 e. The van der Waals surface area contributed by atoms with E-state index < -0.39 is 10.0 Å². The van der Waals surface area contributed by atoms with E-state index in [1.165, 1.54) is 16.8 Å². The summed E-state index contributed by atoms with van der Waals surface area (Å²) in [7, 11) is -2.20. The Labute approximate surface area is 197 Å². The van der Waals surface area contributed by atoms with Crippen molar-refractivity contribution in [3.63, 3.8) is 0 Å². The van der Waals surface area contributed by atoms with Gasteiger partial charge in [-0.05, 0) is 50.1 Å². The summed E-state index contributed by atoms with van der Waals surface area (Å²) in [5.41, 5.74) is 2.90. The molecule has 2 N–H and O–H groups in total. The van der Waals surface area contributed by atoms with Gasteiger partial charge in [0.1, 0.15) is 17.1 Å². The summed E-state index contributed by atoms with van der Waals surface area (Å²) in [5.74, 6) is 0.639. The van der Waals surface area contributed by atoms with E-state index in [1.807, 2.05) is 32.9 Å². The molecule has 10 heteroatoms. The predicted octanol–water partition coefficient (Wildman–Crippen LogP) is 3.78. The first-order valence-corrected chi connectivity index (χ1v) is 12.5. The number of benzene rings is 2. The van der Waals surface area contributed by atoms with E-state index in [4.69, 9.17) is 4.74 Å². The monoisotopic (exact) mass is 481 g/mol.